The summed E-state index contributed by atoms with van der Waals surface area (Å²) in [6, 6.07) is 9.21. The van der Waals surface area contributed by atoms with Crippen molar-refractivity contribution in [3.63, 3.8) is 0 Å². The molecule has 2 aromatic rings. The smallest absolute Gasteiger partial charge is 0.326 e. The van der Waals surface area contributed by atoms with Crippen LogP contribution in [0.5, 0.6) is 0 Å². The summed E-state index contributed by atoms with van der Waals surface area (Å²) in [5, 5.41) is 2.34. The molecule has 29 heavy (non-hydrogen) atoms. The molecule has 1 N–H and O–H groups in total. The third-order valence-electron chi connectivity index (χ3n) is 3.84. The van der Waals surface area contributed by atoms with Crippen molar-refractivity contribution < 1.29 is 26.4 Å². The summed E-state index contributed by atoms with van der Waals surface area (Å²) in [5.74, 6) is -0.551. The van der Waals surface area contributed by atoms with Crippen molar-refractivity contribution in [1.82, 2.24) is 0 Å². The highest BCUT2D eigenvalue weighted by Crippen LogP contribution is 2.36. The molecule has 11 heteroatoms. The van der Waals surface area contributed by atoms with Crippen molar-refractivity contribution in [3.8, 4) is 0 Å². The quantitative estimate of drug-likeness (QED) is 0.607. The molecular weight excluding hydrogens is 452 g/mol. The van der Waals surface area contributed by atoms with Crippen molar-refractivity contribution in [1.29, 1.82) is 0 Å². The van der Waals surface area contributed by atoms with Crippen LogP contribution in [0.1, 0.15) is 18.4 Å². The van der Waals surface area contributed by atoms with Crippen LogP contribution in [0.3, 0.4) is 0 Å². The van der Waals surface area contributed by atoms with Gasteiger partial charge < -0.3 is 5.32 Å². The molecule has 5 nitrogen and oxygen atoms in total. The third-order valence-corrected chi connectivity index (χ3v) is 5.61. The lowest BCUT2D eigenvalue weighted by atomic mass is 10.2. The summed E-state index contributed by atoms with van der Waals surface area (Å²) in [7, 11) is -3.60. The second-order valence-corrected chi connectivity index (χ2v) is 8.91. The van der Waals surface area contributed by atoms with E-state index in [1.54, 1.807) is 12.1 Å². The van der Waals surface area contributed by atoms with Crippen LogP contribution in [0.25, 0.3) is 0 Å². The van der Waals surface area contributed by atoms with E-state index in [1.165, 1.54) is 18.2 Å². The zero-order chi connectivity index (χ0) is 21.8. The Morgan fingerprint density at radius 2 is 1.72 bits per heavy atom. The molecule has 0 spiro atoms. The number of carbonyl (C=O) groups excluding carboxylic acids is 1. The summed E-state index contributed by atoms with van der Waals surface area (Å²) < 4.78 is 63.8. The molecule has 0 saturated heterocycles. The molecule has 0 aliphatic heterocycles. The number of sulfonamides is 1. The van der Waals surface area contributed by atoms with Gasteiger partial charge in [0.25, 0.3) is 0 Å². The van der Waals surface area contributed by atoms with E-state index >= 15 is 0 Å². The van der Waals surface area contributed by atoms with Gasteiger partial charge in [0.2, 0.25) is 15.9 Å². The van der Waals surface area contributed by atoms with Crippen LogP contribution < -0.4 is 9.62 Å². The standard InChI is InChI=1S/C18H17Cl2F3N2O3S/c1-29(27,28)25(14-7-4-12(19)5-8-14)10-2-3-17(26)24-13-6-9-16(20)15(11-13)18(21,22)23/h4-9,11H,2-3,10H2,1H3,(H,24,26). The third kappa shape index (κ3) is 6.80. The van der Waals surface area contributed by atoms with Crippen molar-refractivity contribution in [3.05, 3.63) is 58.1 Å². The summed E-state index contributed by atoms with van der Waals surface area (Å²) in [4.78, 5) is 12.1. The van der Waals surface area contributed by atoms with E-state index in [-0.39, 0.29) is 25.1 Å². The summed E-state index contributed by atoms with van der Waals surface area (Å²) in [6.45, 7) is 0.0162. The van der Waals surface area contributed by atoms with Gasteiger partial charge in [0, 0.05) is 23.7 Å². The van der Waals surface area contributed by atoms with Gasteiger partial charge in [-0.2, -0.15) is 13.2 Å². The minimum Gasteiger partial charge on any atom is -0.326 e. The Balaban J connectivity index is 2.00. The molecule has 0 aliphatic rings. The number of carbonyl (C=O) groups is 1. The van der Waals surface area contributed by atoms with Gasteiger partial charge in [-0.05, 0) is 48.9 Å². The first-order valence-corrected chi connectivity index (χ1v) is 10.9. The minimum absolute atomic E-state index is 0.0162. The van der Waals surface area contributed by atoms with E-state index in [9.17, 15) is 26.4 Å². The highest BCUT2D eigenvalue weighted by Gasteiger charge is 2.33. The van der Waals surface area contributed by atoms with E-state index < -0.39 is 32.7 Å². The number of nitrogens with one attached hydrogen (secondary N) is 1. The molecule has 0 unspecified atom stereocenters. The number of hydrogen-bond donors (Lipinski definition) is 1. The Hall–Kier alpha value is -1.97. The number of amides is 1. The maximum Gasteiger partial charge on any atom is 0.417 e. The number of nitrogens with zero attached hydrogens (tertiary/aromatic N) is 1. The van der Waals surface area contributed by atoms with Gasteiger partial charge in [0.05, 0.1) is 22.5 Å². The van der Waals surface area contributed by atoms with Crippen molar-refractivity contribution in [2.45, 2.75) is 19.0 Å². The highest BCUT2D eigenvalue weighted by atomic mass is 35.5. The highest BCUT2D eigenvalue weighted by molar-refractivity contribution is 7.92. The summed E-state index contributed by atoms with van der Waals surface area (Å²) >= 11 is 11.3. The van der Waals surface area contributed by atoms with Crippen LogP contribution in [-0.4, -0.2) is 27.1 Å². The predicted molar refractivity (Wildman–Crippen MR) is 108 cm³/mol. The molecule has 0 atom stereocenters. The second kappa shape index (κ2) is 9.23. The first kappa shape index (κ1) is 23.3. The van der Waals surface area contributed by atoms with Crippen molar-refractivity contribution in [2.75, 3.05) is 22.4 Å². The number of alkyl halides is 3. The number of benzene rings is 2. The molecule has 0 aliphatic carbocycles. The van der Waals surface area contributed by atoms with Gasteiger partial charge in [-0.15, -0.1) is 0 Å². The Kier molecular flexibility index (Phi) is 7.42. The van der Waals surface area contributed by atoms with Crippen molar-refractivity contribution >= 4 is 50.5 Å². The lowest BCUT2D eigenvalue weighted by Crippen LogP contribution is -2.31. The van der Waals surface area contributed by atoms with Crippen molar-refractivity contribution in [2.24, 2.45) is 0 Å². The fourth-order valence-electron chi connectivity index (χ4n) is 2.52. The second-order valence-electron chi connectivity index (χ2n) is 6.16. The molecule has 0 heterocycles. The zero-order valence-corrected chi connectivity index (χ0v) is 17.5. The average molecular weight is 469 g/mol. The Labute approximate surface area is 176 Å². The van der Waals surface area contributed by atoms with E-state index in [0.717, 1.165) is 22.7 Å². The number of halogens is 5. The van der Waals surface area contributed by atoms with Crippen LogP contribution in [0.2, 0.25) is 10.0 Å². The zero-order valence-electron chi connectivity index (χ0n) is 15.1. The SMILES string of the molecule is CS(=O)(=O)N(CCCC(=O)Nc1ccc(Cl)c(C(F)(F)F)c1)c1ccc(Cl)cc1. The maximum atomic E-state index is 12.9. The fraction of sp³-hybridized carbons (Fsp3) is 0.278. The largest absolute Gasteiger partial charge is 0.417 e. The summed E-state index contributed by atoms with van der Waals surface area (Å²) in [6.07, 6.45) is -3.55. The normalized spacial score (nSPS) is 11.9. The first-order valence-electron chi connectivity index (χ1n) is 8.28. The van der Waals surface area contributed by atoms with E-state index in [1.807, 2.05) is 0 Å². The monoisotopic (exact) mass is 468 g/mol. The number of anilines is 2. The Morgan fingerprint density at radius 1 is 1.10 bits per heavy atom. The topological polar surface area (TPSA) is 66.5 Å². The Bertz CT molecular complexity index is 981. The summed E-state index contributed by atoms with van der Waals surface area (Å²) in [5.41, 5.74) is -0.711. The van der Waals surface area contributed by atoms with Gasteiger partial charge in [0.15, 0.2) is 0 Å². The van der Waals surface area contributed by atoms with Crippen LogP contribution in [0.15, 0.2) is 42.5 Å². The van der Waals surface area contributed by atoms with E-state index in [0.29, 0.717) is 10.7 Å². The lowest BCUT2D eigenvalue weighted by molar-refractivity contribution is -0.137. The Morgan fingerprint density at radius 3 is 2.28 bits per heavy atom. The average Bonchev–Trinajstić information content (AvgIpc) is 2.59. The molecular formula is C18H17Cl2F3N2O3S. The number of rotatable bonds is 7. The molecule has 0 aromatic heterocycles. The van der Waals surface area contributed by atoms with Crippen LogP contribution in [0.4, 0.5) is 24.5 Å². The molecule has 0 radical (unpaired) electrons. The van der Waals surface area contributed by atoms with Crippen LogP contribution in [0, 0.1) is 0 Å². The van der Waals surface area contributed by atoms with Gasteiger partial charge in [-0.1, -0.05) is 23.2 Å². The fourth-order valence-corrected chi connectivity index (χ4v) is 3.84. The minimum atomic E-state index is -4.65. The first-order chi connectivity index (χ1) is 13.4. The molecule has 0 bridgehead atoms. The molecule has 0 saturated carbocycles. The van der Waals surface area contributed by atoms with Crippen LogP contribution >= 0.6 is 23.2 Å². The number of hydrogen-bond acceptors (Lipinski definition) is 3. The van der Waals surface area contributed by atoms with Gasteiger partial charge in [0.1, 0.15) is 0 Å². The van der Waals surface area contributed by atoms with Crippen LogP contribution in [-0.2, 0) is 21.0 Å². The van der Waals surface area contributed by atoms with Gasteiger partial charge >= 0.3 is 6.18 Å². The molecule has 158 valence electrons. The van der Waals surface area contributed by atoms with Gasteiger partial charge in [-0.25, -0.2) is 8.42 Å². The van der Waals surface area contributed by atoms with E-state index in [4.69, 9.17) is 23.2 Å². The lowest BCUT2D eigenvalue weighted by Gasteiger charge is -2.22. The maximum absolute atomic E-state index is 12.9. The molecule has 1 amide bonds. The van der Waals surface area contributed by atoms with E-state index in [2.05, 4.69) is 5.32 Å². The molecule has 0 fully saturated rings. The molecule has 2 rings (SSSR count). The predicted octanol–water partition coefficient (Wildman–Crippen LogP) is 5.20. The molecule has 2 aromatic carbocycles. The van der Waals surface area contributed by atoms with Gasteiger partial charge in [-0.3, -0.25) is 9.10 Å².